The number of benzene rings is 1. The van der Waals surface area contributed by atoms with Gasteiger partial charge in [0.05, 0.1) is 5.57 Å². The van der Waals surface area contributed by atoms with Crippen molar-refractivity contribution in [2.75, 3.05) is 5.32 Å². The maximum atomic E-state index is 13.4. The van der Waals surface area contributed by atoms with E-state index in [1.165, 1.54) is 12.1 Å². The van der Waals surface area contributed by atoms with Crippen molar-refractivity contribution in [3.05, 3.63) is 65.4 Å². The first kappa shape index (κ1) is 19.4. The first-order valence-corrected chi connectivity index (χ1v) is 7.42. The highest BCUT2D eigenvalue weighted by Gasteiger charge is 2.37. The van der Waals surface area contributed by atoms with E-state index in [1.54, 1.807) is 0 Å². The number of hydrogen-bond acceptors (Lipinski definition) is 2. The molecule has 0 atom stereocenters. The predicted molar refractivity (Wildman–Crippen MR) is 87.2 cm³/mol. The maximum absolute atomic E-state index is 13.4. The fourth-order valence-electron chi connectivity index (χ4n) is 2.22. The number of aliphatic imine (C=N–C) groups is 1. The Morgan fingerprint density at radius 2 is 1.88 bits per heavy atom. The zero-order chi connectivity index (χ0) is 19.3. The Hall–Kier alpha value is -2.97. The largest absolute Gasteiger partial charge is 0.416 e. The Labute approximate surface area is 145 Å². The number of nitrogens with two attached hydrogens (primary N) is 1. The summed E-state index contributed by atoms with van der Waals surface area (Å²) < 4.78 is 65.6. The summed E-state index contributed by atoms with van der Waals surface area (Å²) in [7, 11) is 0. The Balaban J connectivity index is 2.15. The molecule has 26 heavy (non-hydrogen) atoms. The van der Waals surface area contributed by atoms with Crippen molar-refractivity contribution in [2.45, 2.75) is 19.0 Å². The lowest BCUT2D eigenvalue weighted by Crippen LogP contribution is -2.20. The molecule has 0 fully saturated rings. The monoisotopic (exact) mass is 371 g/mol. The second-order valence-electron chi connectivity index (χ2n) is 5.25. The number of rotatable bonds is 4. The van der Waals surface area contributed by atoms with E-state index in [0.29, 0.717) is 0 Å². The standard InChI is InChI=1S/C17H14F5N3O/c18-12-6-3-7-13(19)15(12)24-9-8-14(23)25-16(26)10-4-1-2-5-11(10)17(20,21)22/h2-3,5-9,24H,1,4H2,(H2,23,25,26)/b9-8-. The van der Waals surface area contributed by atoms with Gasteiger partial charge in [-0.15, -0.1) is 0 Å². The van der Waals surface area contributed by atoms with Gasteiger partial charge in [0, 0.05) is 11.8 Å². The number of nitrogens with one attached hydrogen (secondary N) is 1. The summed E-state index contributed by atoms with van der Waals surface area (Å²) in [5.74, 6) is -3.23. The van der Waals surface area contributed by atoms with Gasteiger partial charge in [-0.25, -0.2) is 8.78 Å². The summed E-state index contributed by atoms with van der Waals surface area (Å²) in [6.45, 7) is 0. The van der Waals surface area contributed by atoms with Gasteiger partial charge in [0.15, 0.2) is 0 Å². The first-order valence-electron chi connectivity index (χ1n) is 7.42. The van der Waals surface area contributed by atoms with E-state index >= 15 is 0 Å². The summed E-state index contributed by atoms with van der Waals surface area (Å²) in [5.41, 5.74) is 3.49. The minimum absolute atomic E-state index is 0.108. The number of para-hydroxylation sites is 1. The van der Waals surface area contributed by atoms with Gasteiger partial charge in [0.25, 0.3) is 5.91 Å². The van der Waals surface area contributed by atoms with Gasteiger partial charge >= 0.3 is 6.18 Å². The molecular formula is C17H14F5N3O. The van der Waals surface area contributed by atoms with Crippen molar-refractivity contribution >= 4 is 17.4 Å². The SMILES string of the molecule is NC(/C=C\Nc1c(F)cccc1F)=NC(=O)C1=C(C(F)(F)F)C=CCC1. The summed E-state index contributed by atoms with van der Waals surface area (Å²) in [4.78, 5) is 15.4. The van der Waals surface area contributed by atoms with E-state index in [2.05, 4.69) is 10.3 Å². The molecule has 1 aromatic carbocycles. The molecule has 1 aromatic rings. The molecule has 0 aliphatic heterocycles. The Bertz CT molecular complexity index is 802. The topological polar surface area (TPSA) is 67.5 Å². The van der Waals surface area contributed by atoms with Gasteiger partial charge < -0.3 is 11.1 Å². The second kappa shape index (κ2) is 7.94. The van der Waals surface area contributed by atoms with Crippen LogP contribution in [0.3, 0.4) is 0 Å². The van der Waals surface area contributed by atoms with E-state index in [-0.39, 0.29) is 12.8 Å². The van der Waals surface area contributed by atoms with Gasteiger partial charge in [-0.2, -0.15) is 18.2 Å². The molecule has 138 valence electrons. The minimum Gasteiger partial charge on any atom is -0.384 e. The van der Waals surface area contributed by atoms with E-state index in [9.17, 15) is 26.7 Å². The van der Waals surface area contributed by atoms with Gasteiger partial charge in [-0.1, -0.05) is 18.2 Å². The number of carbonyl (C=O) groups is 1. The van der Waals surface area contributed by atoms with Crippen molar-refractivity contribution in [3.8, 4) is 0 Å². The lowest BCUT2D eigenvalue weighted by atomic mass is 9.96. The van der Waals surface area contributed by atoms with E-state index in [1.807, 2.05) is 0 Å². The number of hydrogen-bond donors (Lipinski definition) is 2. The zero-order valence-corrected chi connectivity index (χ0v) is 13.3. The highest BCUT2D eigenvalue weighted by atomic mass is 19.4. The summed E-state index contributed by atoms with van der Waals surface area (Å²) in [6, 6.07) is 3.24. The van der Waals surface area contributed by atoms with E-state index in [4.69, 9.17) is 5.73 Å². The van der Waals surface area contributed by atoms with Crippen LogP contribution in [0.15, 0.2) is 58.8 Å². The lowest BCUT2D eigenvalue weighted by molar-refractivity contribution is -0.116. The Morgan fingerprint density at radius 1 is 1.23 bits per heavy atom. The third-order valence-electron chi connectivity index (χ3n) is 3.41. The smallest absolute Gasteiger partial charge is 0.384 e. The highest BCUT2D eigenvalue weighted by molar-refractivity contribution is 6.06. The molecule has 2 rings (SSSR count). The average Bonchev–Trinajstić information content (AvgIpc) is 2.56. The maximum Gasteiger partial charge on any atom is 0.416 e. The number of amides is 1. The summed E-state index contributed by atoms with van der Waals surface area (Å²) in [5, 5.41) is 2.29. The molecule has 0 saturated heterocycles. The van der Waals surface area contributed by atoms with Crippen LogP contribution >= 0.6 is 0 Å². The van der Waals surface area contributed by atoms with Crippen LogP contribution in [0.4, 0.5) is 27.6 Å². The molecule has 9 heteroatoms. The van der Waals surface area contributed by atoms with Crippen molar-refractivity contribution in [1.29, 1.82) is 0 Å². The molecule has 1 aliphatic carbocycles. The summed E-state index contributed by atoms with van der Waals surface area (Å²) >= 11 is 0. The highest BCUT2D eigenvalue weighted by Crippen LogP contribution is 2.34. The van der Waals surface area contributed by atoms with Crippen LogP contribution in [0.1, 0.15) is 12.8 Å². The van der Waals surface area contributed by atoms with Crippen LogP contribution in [0.25, 0.3) is 0 Å². The van der Waals surface area contributed by atoms with Crippen LogP contribution < -0.4 is 11.1 Å². The van der Waals surface area contributed by atoms with Gasteiger partial charge in [0.2, 0.25) is 0 Å². The quantitative estimate of drug-likeness (QED) is 0.478. The molecule has 4 nitrogen and oxygen atoms in total. The third-order valence-corrected chi connectivity index (χ3v) is 3.41. The van der Waals surface area contributed by atoms with Crippen LogP contribution in [0.5, 0.6) is 0 Å². The number of carbonyl (C=O) groups excluding carboxylic acids is 1. The second-order valence-corrected chi connectivity index (χ2v) is 5.25. The molecule has 0 spiro atoms. The van der Waals surface area contributed by atoms with E-state index in [0.717, 1.165) is 30.5 Å². The molecule has 0 bridgehead atoms. The fourth-order valence-corrected chi connectivity index (χ4v) is 2.22. The molecule has 0 unspecified atom stereocenters. The molecule has 0 aromatic heterocycles. The number of allylic oxidation sites excluding steroid dienone is 3. The number of amidine groups is 1. The molecule has 3 N–H and O–H groups in total. The molecule has 1 aliphatic rings. The van der Waals surface area contributed by atoms with Crippen LogP contribution in [0.2, 0.25) is 0 Å². The molecule has 0 saturated carbocycles. The number of alkyl halides is 3. The molecular weight excluding hydrogens is 357 g/mol. The molecule has 1 amide bonds. The Kier molecular flexibility index (Phi) is 5.91. The minimum atomic E-state index is -4.67. The van der Waals surface area contributed by atoms with Gasteiger partial charge in [-0.3, -0.25) is 4.79 Å². The first-order chi connectivity index (χ1) is 12.2. The zero-order valence-electron chi connectivity index (χ0n) is 13.3. The number of nitrogens with zero attached hydrogens (tertiary/aromatic N) is 1. The van der Waals surface area contributed by atoms with Crippen LogP contribution in [-0.4, -0.2) is 17.9 Å². The average molecular weight is 371 g/mol. The van der Waals surface area contributed by atoms with Crippen molar-refractivity contribution in [3.63, 3.8) is 0 Å². The third kappa shape index (κ3) is 4.78. The predicted octanol–water partition coefficient (Wildman–Crippen LogP) is 3.98. The Morgan fingerprint density at radius 3 is 2.50 bits per heavy atom. The van der Waals surface area contributed by atoms with E-state index < -0.39 is 46.4 Å². The van der Waals surface area contributed by atoms with Crippen molar-refractivity contribution in [1.82, 2.24) is 0 Å². The number of anilines is 1. The fraction of sp³-hybridized carbons (Fsp3) is 0.176. The lowest BCUT2D eigenvalue weighted by Gasteiger charge is -2.15. The van der Waals surface area contributed by atoms with Crippen LogP contribution in [-0.2, 0) is 4.79 Å². The van der Waals surface area contributed by atoms with Crippen molar-refractivity contribution in [2.24, 2.45) is 10.7 Å². The normalized spacial score (nSPS) is 15.7. The number of halogens is 5. The van der Waals surface area contributed by atoms with Gasteiger partial charge in [-0.05, 0) is 31.1 Å². The van der Waals surface area contributed by atoms with Gasteiger partial charge in [0.1, 0.15) is 23.2 Å². The van der Waals surface area contributed by atoms with Crippen LogP contribution in [0, 0.1) is 11.6 Å². The van der Waals surface area contributed by atoms with Crippen molar-refractivity contribution < 1.29 is 26.7 Å². The molecule has 0 heterocycles. The molecule has 0 radical (unpaired) electrons. The summed E-state index contributed by atoms with van der Waals surface area (Å²) in [6.07, 6.45) is -0.320.